The zero-order valence-corrected chi connectivity index (χ0v) is 9.65. The van der Waals surface area contributed by atoms with Crippen molar-refractivity contribution >= 4 is 22.7 Å². The van der Waals surface area contributed by atoms with Gasteiger partial charge in [0.25, 0.3) is 0 Å². The third kappa shape index (κ3) is 1.73. The average Bonchev–Trinajstić information content (AvgIpc) is 2.71. The number of hydrogen-bond donors (Lipinski definition) is 1. The van der Waals surface area contributed by atoms with Gasteiger partial charge in [0.05, 0.1) is 10.6 Å². The van der Waals surface area contributed by atoms with Gasteiger partial charge in [-0.05, 0) is 30.9 Å². The molecule has 0 amide bonds. The SMILES string of the molecule is Cc1ccsc1-c1csc(C(C)O)n1. The van der Waals surface area contributed by atoms with Crippen LogP contribution < -0.4 is 0 Å². The highest BCUT2D eigenvalue weighted by molar-refractivity contribution is 7.14. The van der Waals surface area contributed by atoms with E-state index in [1.165, 1.54) is 21.8 Å². The molecule has 0 spiro atoms. The Morgan fingerprint density at radius 3 is 2.71 bits per heavy atom. The van der Waals surface area contributed by atoms with Gasteiger partial charge in [-0.25, -0.2) is 4.98 Å². The van der Waals surface area contributed by atoms with Crippen LogP contribution in [0.5, 0.6) is 0 Å². The summed E-state index contributed by atoms with van der Waals surface area (Å²) >= 11 is 3.20. The Balaban J connectivity index is 2.39. The lowest BCUT2D eigenvalue weighted by Gasteiger charge is -1.96. The first-order chi connectivity index (χ1) is 6.68. The first-order valence-corrected chi connectivity index (χ1v) is 6.12. The van der Waals surface area contributed by atoms with Crippen LogP contribution in [0.2, 0.25) is 0 Å². The van der Waals surface area contributed by atoms with Crippen molar-refractivity contribution in [3.8, 4) is 10.6 Å². The predicted octanol–water partition coefficient (Wildman–Crippen LogP) is 3.23. The van der Waals surface area contributed by atoms with E-state index in [0.717, 1.165) is 10.7 Å². The molecule has 1 N–H and O–H groups in total. The van der Waals surface area contributed by atoms with E-state index in [2.05, 4.69) is 23.4 Å². The van der Waals surface area contributed by atoms with Crippen molar-refractivity contribution in [2.75, 3.05) is 0 Å². The maximum Gasteiger partial charge on any atom is 0.122 e. The first kappa shape index (κ1) is 9.83. The molecule has 0 saturated carbocycles. The summed E-state index contributed by atoms with van der Waals surface area (Å²) in [5, 5.41) is 14.2. The highest BCUT2D eigenvalue weighted by Crippen LogP contribution is 2.31. The molecule has 0 bridgehead atoms. The molecule has 2 aromatic rings. The molecule has 0 aromatic carbocycles. The van der Waals surface area contributed by atoms with Gasteiger partial charge in [0.2, 0.25) is 0 Å². The second-order valence-electron chi connectivity index (χ2n) is 3.18. The summed E-state index contributed by atoms with van der Waals surface area (Å²) in [6.07, 6.45) is -0.464. The fourth-order valence-electron chi connectivity index (χ4n) is 1.22. The summed E-state index contributed by atoms with van der Waals surface area (Å²) in [5.74, 6) is 0. The molecule has 1 unspecified atom stereocenters. The van der Waals surface area contributed by atoms with Crippen LogP contribution in [0.25, 0.3) is 10.6 Å². The van der Waals surface area contributed by atoms with Gasteiger partial charge < -0.3 is 5.11 Å². The summed E-state index contributed by atoms with van der Waals surface area (Å²) < 4.78 is 0. The molecule has 14 heavy (non-hydrogen) atoms. The molecule has 1 atom stereocenters. The molecule has 2 aromatic heterocycles. The lowest BCUT2D eigenvalue weighted by atomic mass is 10.2. The largest absolute Gasteiger partial charge is 0.386 e. The van der Waals surface area contributed by atoms with Crippen molar-refractivity contribution in [2.24, 2.45) is 0 Å². The molecule has 0 fully saturated rings. The molecule has 2 rings (SSSR count). The molecule has 0 saturated heterocycles. The highest BCUT2D eigenvalue weighted by atomic mass is 32.1. The Morgan fingerprint density at radius 1 is 1.43 bits per heavy atom. The lowest BCUT2D eigenvalue weighted by molar-refractivity contribution is 0.199. The summed E-state index contributed by atoms with van der Waals surface area (Å²) in [6.45, 7) is 3.82. The monoisotopic (exact) mass is 225 g/mol. The number of nitrogens with zero attached hydrogens (tertiary/aromatic N) is 1. The van der Waals surface area contributed by atoms with Crippen molar-refractivity contribution in [1.29, 1.82) is 0 Å². The lowest BCUT2D eigenvalue weighted by Crippen LogP contribution is -1.88. The summed E-state index contributed by atoms with van der Waals surface area (Å²) in [5.41, 5.74) is 2.23. The van der Waals surface area contributed by atoms with Gasteiger partial charge in [0, 0.05) is 5.38 Å². The third-order valence-electron chi connectivity index (χ3n) is 1.97. The van der Waals surface area contributed by atoms with Crippen LogP contribution in [0.3, 0.4) is 0 Å². The average molecular weight is 225 g/mol. The van der Waals surface area contributed by atoms with Crippen molar-refractivity contribution in [1.82, 2.24) is 4.98 Å². The van der Waals surface area contributed by atoms with Crippen molar-refractivity contribution < 1.29 is 5.11 Å². The van der Waals surface area contributed by atoms with Gasteiger partial charge >= 0.3 is 0 Å². The number of thiophene rings is 1. The predicted molar refractivity (Wildman–Crippen MR) is 60.8 cm³/mol. The van der Waals surface area contributed by atoms with Crippen LogP contribution >= 0.6 is 22.7 Å². The van der Waals surface area contributed by atoms with Gasteiger partial charge in [0.1, 0.15) is 11.1 Å². The Bertz CT molecular complexity index is 431. The quantitative estimate of drug-likeness (QED) is 0.851. The molecule has 0 radical (unpaired) electrons. The number of aliphatic hydroxyl groups excluding tert-OH is 1. The van der Waals surface area contributed by atoms with Crippen molar-refractivity contribution in [3.63, 3.8) is 0 Å². The zero-order valence-electron chi connectivity index (χ0n) is 8.02. The van der Waals surface area contributed by atoms with E-state index in [0.29, 0.717) is 0 Å². The Morgan fingerprint density at radius 2 is 2.21 bits per heavy atom. The molecule has 0 aliphatic carbocycles. The van der Waals surface area contributed by atoms with Gasteiger partial charge in [-0.3, -0.25) is 0 Å². The molecule has 74 valence electrons. The zero-order chi connectivity index (χ0) is 10.1. The second kappa shape index (κ2) is 3.81. The fourth-order valence-corrected chi connectivity index (χ4v) is 2.93. The number of aryl methyl sites for hydroxylation is 1. The van der Waals surface area contributed by atoms with Crippen LogP contribution in [0.4, 0.5) is 0 Å². The second-order valence-corrected chi connectivity index (χ2v) is 4.99. The number of aromatic nitrogens is 1. The first-order valence-electron chi connectivity index (χ1n) is 4.36. The number of thiazole rings is 1. The Labute approximate surface area is 90.9 Å². The van der Waals surface area contributed by atoms with E-state index in [1.54, 1.807) is 18.3 Å². The standard InChI is InChI=1S/C10H11NOS2/c1-6-3-4-13-9(6)8-5-14-10(11-8)7(2)12/h3-5,7,12H,1-2H3. The normalized spacial score (nSPS) is 13.1. The summed E-state index contributed by atoms with van der Waals surface area (Å²) in [7, 11) is 0. The summed E-state index contributed by atoms with van der Waals surface area (Å²) in [6, 6.07) is 2.08. The number of aliphatic hydroxyl groups is 1. The van der Waals surface area contributed by atoms with Crippen LogP contribution in [-0.2, 0) is 0 Å². The Kier molecular flexibility index (Phi) is 2.67. The molecule has 4 heteroatoms. The minimum absolute atomic E-state index is 0.464. The van der Waals surface area contributed by atoms with Crippen LogP contribution in [0, 0.1) is 6.92 Å². The smallest absolute Gasteiger partial charge is 0.122 e. The van der Waals surface area contributed by atoms with E-state index in [9.17, 15) is 5.11 Å². The maximum atomic E-state index is 9.36. The minimum Gasteiger partial charge on any atom is -0.386 e. The van der Waals surface area contributed by atoms with Crippen molar-refractivity contribution in [3.05, 3.63) is 27.4 Å². The van der Waals surface area contributed by atoms with Gasteiger partial charge in [-0.1, -0.05) is 0 Å². The third-order valence-corrected chi connectivity index (χ3v) is 4.03. The van der Waals surface area contributed by atoms with Crippen LogP contribution in [0.1, 0.15) is 23.6 Å². The molecule has 0 aliphatic rings. The van der Waals surface area contributed by atoms with Gasteiger partial charge in [-0.2, -0.15) is 0 Å². The number of rotatable bonds is 2. The van der Waals surface area contributed by atoms with Crippen LogP contribution in [-0.4, -0.2) is 10.1 Å². The van der Waals surface area contributed by atoms with Gasteiger partial charge in [0.15, 0.2) is 0 Å². The molecule has 2 nitrogen and oxygen atoms in total. The van der Waals surface area contributed by atoms with E-state index in [-0.39, 0.29) is 0 Å². The van der Waals surface area contributed by atoms with E-state index < -0.39 is 6.10 Å². The van der Waals surface area contributed by atoms with Gasteiger partial charge in [-0.15, -0.1) is 22.7 Å². The molecule has 0 aliphatic heterocycles. The minimum atomic E-state index is -0.464. The molecular formula is C10H11NOS2. The highest BCUT2D eigenvalue weighted by Gasteiger charge is 2.10. The van der Waals surface area contributed by atoms with Crippen LogP contribution in [0.15, 0.2) is 16.8 Å². The van der Waals surface area contributed by atoms with Crippen molar-refractivity contribution in [2.45, 2.75) is 20.0 Å². The fraction of sp³-hybridized carbons (Fsp3) is 0.300. The summed E-state index contributed by atoms with van der Waals surface area (Å²) in [4.78, 5) is 5.59. The molecular weight excluding hydrogens is 214 g/mol. The molecule has 2 heterocycles. The van der Waals surface area contributed by atoms with E-state index >= 15 is 0 Å². The number of hydrogen-bond acceptors (Lipinski definition) is 4. The topological polar surface area (TPSA) is 33.1 Å². The Hall–Kier alpha value is -0.710. The van der Waals surface area contributed by atoms with E-state index in [1.807, 2.05) is 5.38 Å². The van der Waals surface area contributed by atoms with E-state index in [4.69, 9.17) is 0 Å². The maximum absolute atomic E-state index is 9.36.